The molecule has 0 aliphatic carbocycles. The molecule has 2 aromatic rings. The van der Waals surface area contributed by atoms with Gasteiger partial charge in [0.2, 0.25) is 0 Å². The van der Waals surface area contributed by atoms with Crippen LogP contribution in [-0.2, 0) is 6.54 Å². The van der Waals surface area contributed by atoms with E-state index in [2.05, 4.69) is 45.6 Å². The van der Waals surface area contributed by atoms with Crippen LogP contribution in [0.15, 0.2) is 53.7 Å². The third-order valence-corrected chi connectivity index (χ3v) is 8.05. The second-order valence-corrected chi connectivity index (χ2v) is 9.82. The molecule has 7 heteroatoms. The number of hydrogen-bond donors (Lipinski definition) is 2. The second kappa shape index (κ2) is 9.92. The number of nitrogens with zero attached hydrogens (tertiary/aromatic N) is 3. The molecule has 0 amide bonds. The Morgan fingerprint density at radius 1 is 1.13 bits per heavy atom. The highest BCUT2D eigenvalue weighted by Gasteiger charge is 2.28. The van der Waals surface area contributed by atoms with Crippen molar-refractivity contribution in [1.82, 2.24) is 4.31 Å². The Morgan fingerprint density at radius 3 is 2.55 bits per heavy atom. The van der Waals surface area contributed by atoms with Gasteiger partial charge < -0.3 is 15.8 Å². The minimum atomic E-state index is -0.148. The van der Waals surface area contributed by atoms with Crippen LogP contribution in [-0.4, -0.2) is 34.5 Å². The predicted octanol–water partition coefficient (Wildman–Crippen LogP) is 5.16. The highest BCUT2D eigenvalue weighted by molar-refractivity contribution is 7.97. The minimum absolute atomic E-state index is 0.0977. The zero-order valence-electron chi connectivity index (χ0n) is 18.0. The Kier molecular flexibility index (Phi) is 7.02. The standard InChI is InChI=1S/C24H31FN4OS/c1-17-7-10-23(18-5-3-2-4-6-18)31-29(17)16-20-8-9-21(15-22(20)25)28-13-11-19(12-14-28)24(26)27-30/h2-6,8-9,15,17,19,23,30H,7,10-14,16H2,1H3,(H2,26,27)/t17-,23?/m0/s1. The first-order valence-electron chi connectivity index (χ1n) is 11.0. The van der Waals surface area contributed by atoms with Crippen molar-refractivity contribution in [3.8, 4) is 0 Å². The zero-order valence-corrected chi connectivity index (χ0v) is 18.8. The summed E-state index contributed by atoms with van der Waals surface area (Å²) in [7, 11) is 0. The quantitative estimate of drug-likeness (QED) is 0.220. The fourth-order valence-corrected chi connectivity index (χ4v) is 5.86. The first-order valence-corrected chi connectivity index (χ1v) is 11.9. The van der Waals surface area contributed by atoms with Gasteiger partial charge in [-0.25, -0.2) is 8.70 Å². The first kappa shape index (κ1) is 22.0. The molecule has 2 aliphatic heterocycles. The van der Waals surface area contributed by atoms with Crippen LogP contribution in [0.4, 0.5) is 10.1 Å². The summed E-state index contributed by atoms with van der Waals surface area (Å²) in [4.78, 5) is 2.18. The van der Waals surface area contributed by atoms with Gasteiger partial charge in [0.25, 0.3) is 0 Å². The lowest BCUT2D eigenvalue weighted by molar-refractivity contribution is 0.311. The van der Waals surface area contributed by atoms with E-state index < -0.39 is 0 Å². The number of rotatable bonds is 5. The van der Waals surface area contributed by atoms with Crippen LogP contribution in [0.5, 0.6) is 0 Å². The number of anilines is 1. The number of amidine groups is 1. The normalized spacial score (nSPS) is 23.8. The molecule has 1 unspecified atom stereocenters. The maximum atomic E-state index is 15.0. The first-order chi connectivity index (χ1) is 15.0. The van der Waals surface area contributed by atoms with Crippen LogP contribution in [0.1, 0.15) is 49.0 Å². The largest absolute Gasteiger partial charge is 0.409 e. The molecule has 0 saturated carbocycles. The van der Waals surface area contributed by atoms with E-state index in [0.29, 0.717) is 23.7 Å². The fraction of sp³-hybridized carbons (Fsp3) is 0.458. The van der Waals surface area contributed by atoms with Crippen molar-refractivity contribution in [1.29, 1.82) is 0 Å². The lowest BCUT2D eigenvalue weighted by Gasteiger charge is -2.37. The monoisotopic (exact) mass is 442 g/mol. The Labute approximate surface area is 188 Å². The summed E-state index contributed by atoms with van der Waals surface area (Å²) in [5, 5.41) is 12.4. The molecule has 4 rings (SSSR count). The molecule has 0 radical (unpaired) electrons. The summed E-state index contributed by atoms with van der Waals surface area (Å²) in [6, 6.07) is 16.6. The average molecular weight is 443 g/mol. The molecular formula is C24H31FN4OS. The van der Waals surface area contributed by atoms with E-state index in [9.17, 15) is 0 Å². The molecule has 3 N–H and O–H groups in total. The van der Waals surface area contributed by atoms with E-state index in [4.69, 9.17) is 10.9 Å². The van der Waals surface area contributed by atoms with Gasteiger partial charge in [0, 0.05) is 48.1 Å². The van der Waals surface area contributed by atoms with Gasteiger partial charge in [-0.05, 0) is 50.3 Å². The van der Waals surface area contributed by atoms with E-state index in [1.165, 1.54) is 5.56 Å². The van der Waals surface area contributed by atoms with Crippen LogP contribution in [0, 0.1) is 11.7 Å². The number of halogens is 1. The van der Waals surface area contributed by atoms with Gasteiger partial charge >= 0.3 is 0 Å². The van der Waals surface area contributed by atoms with Gasteiger partial charge in [-0.1, -0.05) is 53.5 Å². The third kappa shape index (κ3) is 5.15. The van der Waals surface area contributed by atoms with Gasteiger partial charge in [-0.3, -0.25) is 0 Å². The van der Waals surface area contributed by atoms with Crippen molar-refractivity contribution in [2.45, 2.75) is 50.4 Å². The van der Waals surface area contributed by atoms with Crippen LogP contribution >= 0.6 is 11.9 Å². The molecule has 2 atom stereocenters. The van der Waals surface area contributed by atoms with E-state index in [0.717, 1.165) is 50.0 Å². The summed E-state index contributed by atoms with van der Waals surface area (Å²) < 4.78 is 17.4. The Bertz CT molecular complexity index is 902. The second-order valence-electron chi connectivity index (χ2n) is 8.57. The fourth-order valence-electron chi connectivity index (χ4n) is 4.49. The van der Waals surface area contributed by atoms with Crippen LogP contribution in [0.2, 0.25) is 0 Å². The Hall–Kier alpha value is -2.25. The molecule has 0 bridgehead atoms. The van der Waals surface area contributed by atoms with Crippen molar-refractivity contribution in [3.63, 3.8) is 0 Å². The van der Waals surface area contributed by atoms with Crippen LogP contribution < -0.4 is 10.6 Å². The maximum absolute atomic E-state index is 15.0. The zero-order chi connectivity index (χ0) is 21.8. The Morgan fingerprint density at radius 2 is 1.87 bits per heavy atom. The van der Waals surface area contributed by atoms with Crippen molar-refractivity contribution in [2.24, 2.45) is 16.8 Å². The molecule has 2 saturated heterocycles. The van der Waals surface area contributed by atoms with E-state index in [1.54, 1.807) is 6.07 Å². The summed E-state index contributed by atoms with van der Waals surface area (Å²) >= 11 is 1.85. The van der Waals surface area contributed by atoms with Crippen molar-refractivity contribution in [2.75, 3.05) is 18.0 Å². The lowest BCUT2D eigenvalue weighted by Crippen LogP contribution is -2.38. The van der Waals surface area contributed by atoms with Crippen molar-refractivity contribution < 1.29 is 9.60 Å². The Balaban J connectivity index is 1.40. The molecule has 2 fully saturated rings. The SMILES string of the molecule is C[C@H]1CCC(c2ccccc2)SN1Cc1ccc(N2CCC(/C(N)=N/O)CC2)cc1F. The highest BCUT2D eigenvalue weighted by Crippen LogP contribution is 2.43. The van der Waals surface area contributed by atoms with Gasteiger partial charge in [0.15, 0.2) is 0 Å². The maximum Gasteiger partial charge on any atom is 0.142 e. The lowest BCUT2D eigenvalue weighted by atomic mass is 9.95. The topological polar surface area (TPSA) is 65.1 Å². The van der Waals surface area contributed by atoms with E-state index >= 15 is 4.39 Å². The molecule has 0 spiro atoms. The molecule has 166 valence electrons. The molecule has 2 heterocycles. The number of benzene rings is 2. The average Bonchev–Trinajstić information content (AvgIpc) is 2.82. The minimum Gasteiger partial charge on any atom is -0.409 e. The molecule has 0 aromatic heterocycles. The van der Waals surface area contributed by atoms with E-state index in [1.807, 2.05) is 30.1 Å². The van der Waals surface area contributed by atoms with Crippen molar-refractivity contribution >= 4 is 23.5 Å². The van der Waals surface area contributed by atoms with Gasteiger partial charge in [0.05, 0.1) is 0 Å². The number of hydrogen-bond acceptors (Lipinski definition) is 5. The summed E-state index contributed by atoms with van der Waals surface area (Å²) in [6.45, 7) is 4.38. The summed E-state index contributed by atoms with van der Waals surface area (Å²) in [6.07, 6.45) is 3.88. The highest BCUT2D eigenvalue weighted by atomic mass is 32.2. The number of oxime groups is 1. The summed E-state index contributed by atoms with van der Waals surface area (Å²) in [5.41, 5.74) is 8.72. The van der Waals surface area contributed by atoms with E-state index in [-0.39, 0.29) is 11.7 Å². The van der Waals surface area contributed by atoms with Gasteiger partial charge in [0.1, 0.15) is 11.7 Å². The molecular weight excluding hydrogens is 411 g/mol. The summed E-state index contributed by atoms with van der Waals surface area (Å²) in [5.74, 6) is 0.245. The van der Waals surface area contributed by atoms with Crippen LogP contribution in [0.25, 0.3) is 0 Å². The molecule has 2 aromatic carbocycles. The number of nitrogens with two attached hydrogens (primary N) is 1. The predicted molar refractivity (Wildman–Crippen MR) is 126 cm³/mol. The molecule has 2 aliphatic rings. The van der Waals surface area contributed by atoms with Crippen molar-refractivity contribution in [3.05, 3.63) is 65.5 Å². The van der Waals surface area contributed by atoms with Crippen LogP contribution in [0.3, 0.4) is 0 Å². The van der Waals surface area contributed by atoms with Gasteiger partial charge in [-0.15, -0.1) is 0 Å². The smallest absolute Gasteiger partial charge is 0.142 e. The number of piperidine rings is 1. The molecule has 5 nitrogen and oxygen atoms in total. The third-order valence-electron chi connectivity index (χ3n) is 6.53. The molecule has 31 heavy (non-hydrogen) atoms. The van der Waals surface area contributed by atoms with Gasteiger partial charge in [-0.2, -0.15) is 0 Å².